The van der Waals surface area contributed by atoms with Crippen LogP contribution in [-0.4, -0.2) is 25.6 Å². The standard InChI is InChI=1S/C25H19NO6S/c1-30-20-12-7-8-16-14-18(25(29)32-23(16)20)24(28)31-15-22(27)26-19-11-5-6-13-21(19)33-17-9-3-2-4-10-17/h2-14H,15H2,1H3,(H,26,27). The minimum Gasteiger partial charge on any atom is -0.493 e. The highest BCUT2D eigenvalue weighted by Crippen LogP contribution is 2.33. The van der Waals surface area contributed by atoms with Gasteiger partial charge >= 0.3 is 11.6 Å². The highest BCUT2D eigenvalue weighted by Gasteiger charge is 2.18. The number of esters is 1. The molecule has 0 aliphatic heterocycles. The Hall–Kier alpha value is -4.04. The number of hydrogen-bond donors (Lipinski definition) is 1. The third-order valence-electron chi connectivity index (χ3n) is 4.63. The van der Waals surface area contributed by atoms with E-state index in [1.165, 1.54) is 24.9 Å². The highest BCUT2D eigenvalue weighted by molar-refractivity contribution is 7.99. The van der Waals surface area contributed by atoms with Crippen LogP contribution in [0.2, 0.25) is 0 Å². The Labute approximate surface area is 193 Å². The number of anilines is 1. The Morgan fingerprint density at radius 3 is 2.52 bits per heavy atom. The van der Waals surface area contributed by atoms with Crippen LogP contribution < -0.4 is 15.7 Å². The maximum atomic E-state index is 12.4. The Kier molecular flexibility index (Phi) is 6.75. The van der Waals surface area contributed by atoms with E-state index in [1.54, 1.807) is 30.3 Å². The summed E-state index contributed by atoms with van der Waals surface area (Å²) >= 11 is 1.50. The molecule has 0 aliphatic carbocycles. The van der Waals surface area contributed by atoms with Gasteiger partial charge in [-0.25, -0.2) is 9.59 Å². The van der Waals surface area contributed by atoms with Gasteiger partial charge in [0.2, 0.25) is 0 Å². The molecule has 0 unspecified atom stereocenters. The van der Waals surface area contributed by atoms with Crippen LogP contribution in [0.4, 0.5) is 5.69 Å². The van der Waals surface area contributed by atoms with E-state index in [0.29, 0.717) is 16.8 Å². The molecule has 0 bridgehead atoms. The van der Waals surface area contributed by atoms with Crippen molar-refractivity contribution >= 4 is 40.3 Å². The molecule has 166 valence electrons. The zero-order valence-electron chi connectivity index (χ0n) is 17.6. The zero-order chi connectivity index (χ0) is 23.2. The van der Waals surface area contributed by atoms with Crippen LogP contribution in [0, 0.1) is 0 Å². The van der Waals surface area contributed by atoms with Gasteiger partial charge in [-0.15, -0.1) is 0 Å². The smallest absolute Gasteiger partial charge is 0.351 e. The van der Waals surface area contributed by atoms with Crippen LogP contribution in [0.5, 0.6) is 5.75 Å². The van der Waals surface area contributed by atoms with Gasteiger partial charge in [-0.2, -0.15) is 0 Å². The van der Waals surface area contributed by atoms with Gasteiger partial charge in [-0.1, -0.05) is 54.2 Å². The van der Waals surface area contributed by atoms with E-state index in [1.807, 2.05) is 42.5 Å². The van der Waals surface area contributed by atoms with Crippen LogP contribution in [0.25, 0.3) is 11.0 Å². The lowest BCUT2D eigenvalue weighted by Gasteiger charge is -2.11. The van der Waals surface area contributed by atoms with Gasteiger partial charge in [0, 0.05) is 15.2 Å². The SMILES string of the molecule is COc1cccc2cc(C(=O)OCC(=O)Nc3ccccc3Sc3ccccc3)c(=O)oc12. The van der Waals surface area contributed by atoms with Crippen molar-refractivity contribution in [2.45, 2.75) is 9.79 Å². The summed E-state index contributed by atoms with van der Waals surface area (Å²) in [5.41, 5.74) is -0.359. The molecule has 0 radical (unpaired) electrons. The summed E-state index contributed by atoms with van der Waals surface area (Å²) in [7, 11) is 1.45. The molecule has 1 heterocycles. The number of para-hydroxylation sites is 2. The summed E-state index contributed by atoms with van der Waals surface area (Å²) in [4.78, 5) is 39.0. The van der Waals surface area contributed by atoms with Crippen LogP contribution in [0.3, 0.4) is 0 Å². The van der Waals surface area contributed by atoms with Crippen LogP contribution >= 0.6 is 11.8 Å². The van der Waals surface area contributed by atoms with Crippen LogP contribution in [0.15, 0.2) is 97.9 Å². The molecule has 33 heavy (non-hydrogen) atoms. The van der Waals surface area contributed by atoms with Crippen molar-refractivity contribution in [3.8, 4) is 5.75 Å². The Morgan fingerprint density at radius 2 is 1.73 bits per heavy atom. The van der Waals surface area contributed by atoms with Gasteiger partial charge in [0.25, 0.3) is 5.91 Å². The maximum absolute atomic E-state index is 12.4. The van der Waals surface area contributed by atoms with Crippen molar-refractivity contribution in [2.24, 2.45) is 0 Å². The van der Waals surface area contributed by atoms with Crippen LogP contribution in [-0.2, 0) is 9.53 Å². The third-order valence-corrected chi connectivity index (χ3v) is 5.71. The molecule has 8 heteroatoms. The van der Waals surface area contributed by atoms with E-state index in [2.05, 4.69) is 5.32 Å². The molecule has 4 aromatic rings. The van der Waals surface area contributed by atoms with E-state index in [9.17, 15) is 14.4 Å². The van der Waals surface area contributed by atoms with E-state index in [0.717, 1.165) is 9.79 Å². The number of benzene rings is 3. The molecule has 1 amide bonds. The minimum absolute atomic E-state index is 0.229. The second-order valence-corrected chi connectivity index (χ2v) is 7.98. The molecule has 0 saturated heterocycles. The summed E-state index contributed by atoms with van der Waals surface area (Å²) in [5, 5.41) is 3.24. The Bertz CT molecular complexity index is 1370. The number of carbonyl (C=O) groups excluding carboxylic acids is 2. The summed E-state index contributed by atoms with van der Waals surface area (Å²) in [6.07, 6.45) is 0. The first kappa shape index (κ1) is 22.2. The van der Waals surface area contributed by atoms with Crippen molar-refractivity contribution in [1.29, 1.82) is 0 Å². The number of methoxy groups -OCH3 is 1. The average molecular weight is 461 g/mol. The van der Waals surface area contributed by atoms with Crippen LogP contribution in [0.1, 0.15) is 10.4 Å². The van der Waals surface area contributed by atoms with Gasteiger partial charge in [0.05, 0.1) is 12.8 Å². The second-order valence-electron chi connectivity index (χ2n) is 6.86. The lowest BCUT2D eigenvalue weighted by atomic mass is 10.2. The first-order chi connectivity index (χ1) is 16.0. The quantitative estimate of drug-likeness (QED) is 0.313. The molecule has 0 fully saturated rings. The molecule has 0 saturated carbocycles. The zero-order valence-corrected chi connectivity index (χ0v) is 18.4. The molecular formula is C25H19NO6S. The molecule has 1 N–H and O–H groups in total. The van der Waals surface area contributed by atoms with E-state index in [4.69, 9.17) is 13.9 Å². The molecule has 4 rings (SSSR count). The number of carbonyl (C=O) groups is 2. The van der Waals surface area contributed by atoms with E-state index >= 15 is 0 Å². The molecule has 0 aliphatic rings. The first-order valence-corrected chi connectivity index (χ1v) is 10.8. The Balaban J connectivity index is 1.43. The predicted octanol–water partition coefficient (Wildman–Crippen LogP) is 4.75. The van der Waals surface area contributed by atoms with Crippen molar-refractivity contribution in [3.05, 3.63) is 94.8 Å². The van der Waals surface area contributed by atoms with Gasteiger partial charge in [0.15, 0.2) is 17.9 Å². The van der Waals surface area contributed by atoms with Crippen molar-refractivity contribution in [1.82, 2.24) is 0 Å². The molecule has 1 aromatic heterocycles. The van der Waals surface area contributed by atoms with Crippen molar-refractivity contribution in [3.63, 3.8) is 0 Å². The van der Waals surface area contributed by atoms with Gasteiger partial charge < -0.3 is 19.2 Å². The van der Waals surface area contributed by atoms with Gasteiger partial charge in [-0.05, 0) is 36.4 Å². The largest absolute Gasteiger partial charge is 0.493 e. The Morgan fingerprint density at radius 1 is 0.970 bits per heavy atom. The van der Waals surface area contributed by atoms with Gasteiger partial charge in [0.1, 0.15) is 5.56 Å². The first-order valence-electron chi connectivity index (χ1n) is 9.95. The molecule has 0 spiro atoms. The van der Waals surface area contributed by atoms with E-state index in [-0.39, 0.29) is 11.1 Å². The molecule has 3 aromatic carbocycles. The topological polar surface area (TPSA) is 94.8 Å². The van der Waals surface area contributed by atoms with Crippen molar-refractivity contribution in [2.75, 3.05) is 19.0 Å². The number of fused-ring (bicyclic) bond motifs is 1. The number of nitrogens with one attached hydrogen (secondary N) is 1. The van der Waals surface area contributed by atoms with Crippen molar-refractivity contribution < 1.29 is 23.5 Å². The summed E-state index contributed by atoms with van der Waals surface area (Å²) in [5.74, 6) is -1.11. The fourth-order valence-electron chi connectivity index (χ4n) is 3.09. The average Bonchev–Trinajstić information content (AvgIpc) is 2.83. The molecular weight excluding hydrogens is 442 g/mol. The summed E-state index contributed by atoms with van der Waals surface area (Å²) < 4.78 is 15.4. The minimum atomic E-state index is -0.949. The lowest BCUT2D eigenvalue weighted by Crippen LogP contribution is -2.23. The lowest BCUT2D eigenvalue weighted by molar-refractivity contribution is -0.119. The molecule has 0 atom stereocenters. The number of hydrogen-bond acceptors (Lipinski definition) is 7. The summed E-state index contributed by atoms with van der Waals surface area (Å²) in [6.45, 7) is -0.557. The van der Waals surface area contributed by atoms with Gasteiger partial charge in [-0.3, -0.25) is 4.79 Å². The normalized spacial score (nSPS) is 10.6. The number of ether oxygens (including phenoxy) is 2. The highest BCUT2D eigenvalue weighted by atomic mass is 32.2. The number of rotatable bonds is 7. The molecule has 7 nitrogen and oxygen atoms in total. The predicted molar refractivity (Wildman–Crippen MR) is 125 cm³/mol. The van der Waals surface area contributed by atoms with E-state index < -0.39 is 24.1 Å². The monoisotopic (exact) mass is 461 g/mol. The fraction of sp³-hybridized carbons (Fsp3) is 0.0800. The second kappa shape index (κ2) is 10.1. The summed E-state index contributed by atoms with van der Waals surface area (Å²) in [6, 6.07) is 23.4. The fourth-order valence-corrected chi connectivity index (χ4v) is 4.01. The number of amides is 1. The maximum Gasteiger partial charge on any atom is 0.351 e. The third kappa shape index (κ3) is 5.24.